The SMILES string of the molecule is CC1CCCC(C(=O)NC2CCC(=O)N(C)C2)C1N. The molecule has 1 saturated carbocycles. The Kier molecular flexibility index (Phi) is 4.45. The van der Waals surface area contributed by atoms with Gasteiger partial charge in [-0.15, -0.1) is 0 Å². The molecule has 108 valence electrons. The van der Waals surface area contributed by atoms with Crippen LogP contribution in [0.1, 0.15) is 39.0 Å². The van der Waals surface area contributed by atoms with Crippen LogP contribution in [0.15, 0.2) is 0 Å². The highest BCUT2D eigenvalue weighted by Gasteiger charge is 2.34. The summed E-state index contributed by atoms with van der Waals surface area (Å²) in [5.74, 6) is 0.590. The van der Waals surface area contributed by atoms with E-state index in [4.69, 9.17) is 5.73 Å². The van der Waals surface area contributed by atoms with Crippen LogP contribution < -0.4 is 11.1 Å². The monoisotopic (exact) mass is 267 g/mol. The van der Waals surface area contributed by atoms with E-state index < -0.39 is 0 Å². The normalized spacial score (nSPS) is 36.2. The van der Waals surface area contributed by atoms with Crippen molar-refractivity contribution < 1.29 is 9.59 Å². The van der Waals surface area contributed by atoms with Gasteiger partial charge in [-0.1, -0.05) is 13.3 Å². The number of hydrogen-bond donors (Lipinski definition) is 2. The molecule has 0 radical (unpaired) electrons. The maximum Gasteiger partial charge on any atom is 0.224 e. The minimum absolute atomic E-state index is 0.0308. The molecule has 19 heavy (non-hydrogen) atoms. The third kappa shape index (κ3) is 3.26. The molecule has 0 aromatic carbocycles. The zero-order chi connectivity index (χ0) is 14.0. The fraction of sp³-hybridized carbons (Fsp3) is 0.857. The molecule has 0 bridgehead atoms. The largest absolute Gasteiger partial charge is 0.351 e. The van der Waals surface area contributed by atoms with E-state index in [9.17, 15) is 9.59 Å². The van der Waals surface area contributed by atoms with E-state index in [2.05, 4.69) is 12.2 Å². The number of likely N-dealkylation sites (tertiary alicyclic amines) is 1. The molecule has 0 aromatic rings. The van der Waals surface area contributed by atoms with Crippen molar-refractivity contribution in [1.82, 2.24) is 10.2 Å². The number of likely N-dealkylation sites (N-methyl/N-ethyl adjacent to an activating group) is 1. The summed E-state index contributed by atoms with van der Waals surface area (Å²) in [5.41, 5.74) is 6.15. The molecule has 5 heteroatoms. The third-order valence-electron chi connectivity index (χ3n) is 4.61. The molecule has 2 amide bonds. The molecule has 2 rings (SSSR count). The Morgan fingerprint density at radius 3 is 2.79 bits per heavy atom. The quantitative estimate of drug-likeness (QED) is 0.764. The van der Waals surface area contributed by atoms with E-state index in [-0.39, 0.29) is 29.8 Å². The van der Waals surface area contributed by atoms with Crippen LogP contribution in [0.2, 0.25) is 0 Å². The van der Waals surface area contributed by atoms with Crippen molar-refractivity contribution in [2.75, 3.05) is 13.6 Å². The van der Waals surface area contributed by atoms with Gasteiger partial charge >= 0.3 is 0 Å². The minimum Gasteiger partial charge on any atom is -0.351 e. The highest BCUT2D eigenvalue weighted by Crippen LogP contribution is 2.28. The van der Waals surface area contributed by atoms with Crippen molar-refractivity contribution >= 4 is 11.8 Å². The highest BCUT2D eigenvalue weighted by atomic mass is 16.2. The van der Waals surface area contributed by atoms with E-state index in [0.29, 0.717) is 18.9 Å². The van der Waals surface area contributed by atoms with E-state index in [1.54, 1.807) is 11.9 Å². The van der Waals surface area contributed by atoms with Crippen LogP contribution in [0.5, 0.6) is 0 Å². The van der Waals surface area contributed by atoms with E-state index in [0.717, 1.165) is 25.7 Å². The first-order valence-corrected chi connectivity index (χ1v) is 7.29. The molecule has 5 nitrogen and oxygen atoms in total. The summed E-state index contributed by atoms with van der Waals surface area (Å²) >= 11 is 0. The Hall–Kier alpha value is -1.10. The van der Waals surface area contributed by atoms with Gasteiger partial charge in [-0.25, -0.2) is 0 Å². The van der Waals surface area contributed by atoms with Crippen LogP contribution in [0, 0.1) is 11.8 Å². The number of amides is 2. The van der Waals surface area contributed by atoms with Gasteiger partial charge < -0.3 is 16.0 Å². The molecule has 1 aliphatic carbocycles. The summed E-state index contributed by atoms with van der Waals surface area (Å²) in [5, 5.41) is 3.08. The summed E-state index contributed by atoms with van der Waals surface area (Å²) < 4.78 is 0. The van der Waals surface area contributed by atoms with Crippen molar-refractivity contribution in [3.63, 3.8) is 0 Å². The highest BCUT2D eigenvalue weighted by molar-refractivity contribution is 5.81. The Morgan fingerprint density at radius 2 is 2.11 bits per heavy atom. The molecule has 1 aliphatic heterocycles. The lowest BCUT2D eigenvalue weighted by Gasteiger charge is -2.35. The molecule has 0 aromatic heterocycles. The minimum atomic E-state index is -0.0633. The smallest absolute Gasteiger partial charge is 0.224 e. The average molecular weight is 267 g/mol. The van der Waals surface area contributed by atoms with E-state index in [1.165, 1.54) is 0 Å². The molecule has 4 atom stereocenters. The van der Waals surface area contributed by atoms with Gasteiger partial charge in [-0.3, -0.25) is 9.59 Å². The van der Waals surface area contributed by atoms with E-state index in [1.807, 2.05) is 0 Å². The van der Waals surface area contributed by atoms with Gasteiger partial charge in [0.05, 0.1) is 5.92 Å². The summed E-state index contributed by atoms with van der Waals surface area (Å²) in [6.07, 6.45) is 4.35. The topological polar surface area (TPSA) is 75.4 Å². The van der Waals surface area contributed by atoms with Crippen LogP contribution in [-0.4, -0.2) is 42.4 Å². The lowest BCUT2D eigenvalue weighted by atomic mass is 9.77. The molecular weight excluding hydrogens is 242 g/mol. The fourth-order valence-corrected chi connectivity index (χ4v) is 3.19. The second kappa shape index (κ2) is 5.90. The summed E-state index contributed by atoms with van der Waals surface area (Å²) in [4.78, 5) is 25.4. The summed E-state index contributed by atoms with van der Waals surface area (Å²) in [6, 6.07) is 0.0522. The lowest BCUT2D eigenvalue weighted by molar-refractivity contribution is -0.135. The fourth-order valence-electron chi connectivity index (χ4n) is 3.19. The number of carbonyl (C=O) groups excluding carboxylic acids is 2. The number of carbonyl (C=O) groups is 2. The van der Waals surface area contributed by atoms with Crippen molar-refractivity contribution in [3.05, 3.63) is 0 Å². The molecular formula is C14H25N3O2. The number of nitrogens with two attached hydrogens (primary N) is 1. The molecule has 1 saturated heterocycles. The number of piperidine rings is 1. The van der Waals surface area contributed by atoms with Gasteiger partial charge in [-0.2, -0.15) is 0 Å². The Morgan fingerprint density at radius 1 is 1.37 bits per heavy atom. The van der Waals surface area contributed by atoms with Gasteiger partial charge in [-0.05, 0) is 25.2 Å². The van der Waals surface area contributed by atoms with Gasteiger partial charge in [0, 0.05) is 32.1 Å². The zero-order valence-corrected chi connectivity index (χ0v) is 11.9. The average Bonchev–Trinajstić information content (AvgIpc) is 2.37. The van der Waals surface area contributed by atoms with Gasteiger partial charge in [0.25, 0.3) is 0 Å². The number of hydrogen-bond acceptors (Lipinski definition) is 3. The molecule has 3 N–H and O–H groups in total. The standard InChI is InChI=1S/C14H25N3O2/c1-9-4-3-5-11(13(9)15)14(19)16-10-6-7-12(18)17(2)8-10/h9-11,13H,3-8,15H2,1-2H3,(H,16,19). The van der Waals surface area contributed by atoms with Crippen molar-refractivity contribution in [3.8, 4) is 0 Å². The second-order valence-corrected chi connectivity index (χ2v) is 6.11. The lowest BCUT2D eigenvalue weighted by Crippen LogP contribution is -2.53. The predicted octanol–water partition coefficient (Wildman–Crippen LogP) is 0.487. The first kappa shape index (κ1) is 14.3. The maximum atomic E-state index is 12.3. The first-order valence-electron chi connectivity index (χ1n) is 7.29. The maximum absolute atomic E-state index is 12.3. The Labute approximate surface area is 114 Å². The zero-order valence-electron chi connectivity index (χ0n) is 11.9. The first-order chi connectivity index (χ1) is 8.99. The second-order valence-electron chi connectivity index (χ2n) is 6.11. The third-order valence-corrected chi connectivity index (χ3v) is 4.61. The van der Waals surface area contributed by atoms with Crippen molar-refractivity contribution in [2.45, 2.75) is 51.1 Å². The van der Waals surface area contributed by atoms with Crippen LogP contribution in [0.3, 0.4) is 0 Å². The van der Waals surface area contributed by atoms with E-state index >= 15 is 0 Å². The van der Waals surface area contributed by atoms with Crippen molar-refractivity contribution in [2.24, 2.45) is 17.6 Å². The molecule has 0 spiro atoms. The van der Waals surface area contributed by atoms with Gasteiger partial charge in [0.2, 0.25) is 11.8 Å². The molecule has 2 fully saturated rings. The summed E-state index contributed by atoms with van der Waals surface area (Å²) in [7, 11) is 1.79. The molecule has 4 unspecified atom stereocenters. The van der Waals surface area contributed by atoms with Crippen LogP contribution in [0.4, 0.5) is 0 Å². The van der Waals surface area contributed by atoms with Crippen LogP contribution in [0.25, 0.3) is 0 Å². The van der Waals surface area contributed by atoms with Gasteiger partial charge in [0.15, 0.2) is 0 Å². The Bertz CT molecular complexity index is 359. The number of nitrogens with one attached hydrogen (secondary N) is 1. The number of nitrogens with zero attached hydrogens (tertiary/aromatic N) is 1. The van der Waals surface area contributed by atoms with Crippen LogP contribution >= 0.6 is 0 Å². The van der Waals surface area contributed by atoms with Crippen LogP contribution in [-0.2, 0) is 9.59 Å². The number of rotatable bonds is 2. The predicted molar refractivity (Wildman–Crippen MR) is 73.3 cm³/mol. The molecule has 2 aliphatic rings. The van der Waals surface area contributed by atoms with Gasteiger partial charge in [0.1, 0.15) is 0 Å². The summed E-state index contributed by atoms with van der Waals surface area (Å²) in [6.45, 7) is 2.74. The van der Waals surface area contributed by atoms with Crippen molar-refractivity contribution in [1.29, 1.82) is 0 Å². The molecule has 1 heterocycles. The Balaban J connectivity index is 1.88.